The summed E-state index contributed by atoms with van der Waals surface area (Å²) in [7, 11) is 0. The Morgan fingerprint density at radius 2 is 2.10 bits per heavy atom. The van der Waals surface area contributed by atoms with Gasteiger partial charge in [-0.15, -0.1) is 0 Å². The minimum atomic E-state index is -0.618. The number of amides is 1. The minimum Gasteiger partial charge on any atom is -0.394 e. The molecule has 1 saturated heterocycles. The van der Waals surface area contributed by atoms with Gasteiger partial charge in [0.15, 0.2) is 0 Å². The predicted octanol–water partition coefficient (Wildman–Crippen LogP) is 2.22. The highest BCUT2D eigenvalue weighted by atomic mass is 35.5. The van der Waals surface area contributed by atoms with Crippen molar-refractivity contribution in [2.24, 2.45) is 0 Å². The third-order valence-corrected chi connectivity index (χ3v) is 4.49. The second-order valence-electron chi connectivity index (χ2n) is 5.51. The maximum atomic E-state index is 11.7. The van der Waals surface area contributed by atoms with Crippen LogP contribution in [0.5, 0.6) is 0 Å². The fraction of sp³-hybridized carbons (Fsp3) is 0.467. The topological polar surface area (TPSA) is 69.6 Å². The molecule has 3 rings (SSSR count). The first kappa shape index (κ1) is 14.4. The third-order valence-electron chi connectivity index (χ3n) is 4.18. The maximum Gasteiger partial charge on any atom is 0.296 e. The van der Waals surface area contributed by atoms with Gasteiger partial charge in [-0.2, -0.15) is 0 Å². The fourth-order valence-electron chi connectivity index (χ4n) is 3.06. The number of halogens is 1. The molecule has 5 nitrogen and oxygen atoms in total. The van der Waals surface area contributed by atoms with Gasteiger partial charge in [-0.25, -0.2) is 0 Å². The van der Waals surface area contributed by atoms with E-state index in [1.165, 1.54) is 0 Å². The first-order chi connectivity index (χ1) is 10.1. The number of carbonyl (C=O) groups is 2. The zero-order chi connectivity index (χ0) is 15.0. The summed E-state index contributed by atoms with van der Waals surface area (Å²) in [6.07, 6.45) is 4.16. The minimum absolute atomic E-state index is 0.0239. The van der Waals surface area contributed by atoms with E-state index in [2.05, 4.69) is 10.2 Å². The average Bonchev–Trinajstić information content (AvgIpc) is 2.68. The van der Waals surface area contributed by atoms with Crippen molar-refractivity contribution in [2.45, 2.75) is 31.7 Å². The Morgan fingerprint density at radius 1 is 1.29 bits per heavy atom. The fourth-order valence-corrected chi connectivity index (χ4v) is 3.33. The number of Topliss-reactive ketones (excluding diaryl/α,β-unsaturated/α-hetero) is 1. The van der Waals surface area contributed by atoms with E-state index in [0.717, 1.165) is 37.9 Å². The number of benzene rings is 1. The molecule has 0 saturated carbocycles. The maximum absolute atomic E-state index is 11.7. The molecule has 0 radical (unpaired) electrons. The van der Waals surface area contributed by atoms with Crippen molar-refractivity contribution in [1.29, 1.82) is 0 Å². The van der Waals surface area contributed by atoms with Gasteiger partial charge in [-0.3, -0.25) is 9.59 Å². The lowest BCUT2D eigenvalue weighted by atomic mass is 10.1. The van der Waals surface area contributed by atoms with Crippen LogP contribution in [0.15, 0.2) is 12.1 Å². The number of rotatable bonds is 2. The summed E-state index contributed by atoms with van der Waals surface area (Å²) in [5.74, 6) is -1.17. The van der Waals surface area contributed by atoms with Gasteiger partial charge in [-0.1, -0.05) is 24.4 Å². The highest BCUT2D eigenvalue weighted by molar-refractivity contribution is 6.52. The second-order valence-corrected chi connectivity index (χ2v) is 5.92. The molecule has 0 spiro atoms. The Morgan fingerprint density at radius 3 is 2.86 bits per heavy atom. The van der Waals surface area contributed by atoms with E-state index in [1.54, 1.807) is 12.1 Å². The van der Waals surface area contributed by atoms with Crippen LogP contribution in [0.25, 0.3) is 0 Å². The number of nitrogens with zero attached hydrogens (tertiary/aromatic N) is 1. The Hall–Kier alpha value is -1.59. The van der Waals surface area contributed by atoms with Crippen LogP contribution in [0.4, 0.5) is 11.4 Å². The smallest absolute Gasteiger partial charge is 0.296 e. The molecule has 0 aromatic heterocycles. The molecule has 1 aromatic carbocycles. The zero-order valence-electron chi connectivity index (χ0n) is 11.6. The van der Waals surface area contributed by atoms with Crippen LogP contribution in [-0.2, 0) is 4.79 Å². The van der Waals surface area contributed by atoms with Crippen LogP contribution in [0, 0.1) is 0 Å². The molecular formula is C15H17ClN2O3. The summed E-state index contributed by atoms with van der Waals surface area (Å²) < 4.78 is 0. The Bertz CT molecular complexity index is 603. The zero-order valence-corrected chi connectivity index (χ0v) is 12.3. The van der Waals surface area contributed by atoms with Crippen molar-refractivity contribution in [3.8, 4) is 0 Å². The molecular weight excluding hydrogens is 292 g/mol. The first-order valence-corrected chi connectivity index (χ1v) is 7.56. The highest BCUT2D eigenvalue weighted by Crippen LogP contribution is 2.37. The summed E-state index contributed by atoms with van der Waals surface area (Å²) in [5, 5.41) is 12.6. The van der Waals surface area contributed by atoms with E-state index in [0.29, 0.717) is 16.3 Å². The van der Waals surface area contributed by atoms with Crippen LogP contribution in [0.2, 0.25) is 5.02 Å². The summed E-state index contributed by atoms with van der Waals surface area (Å²) in [6, 6.07) is 3.32. The molecule has 1 atom stereocenters. The second kappa shape index (κ2) is 5.66. The van der Waals surface area contributed by atoms with Gasteiger partial charge < -0.3 is 15.3 Å². The van der Waals surface area contributed by atoms with Crippen molar-refractivity contribution in [1.82, 2.24) is 0 Å². The van der Waals surface area contributed by atoms with Gasteiger partial charge in [0.1, 0.15) is 0 Å². The van der Waals surface area contributed by atoms with Gasteiger partial charge >= 0.3 is 0 Å². The Kier molecular flexibility index (Phi) is 3.87. The first-order valence-electron chi connectivity index (χ1n) is 7.18. The molecule has 1 fully saturated rings. The van der Waals surface area contributed by atoms with Crippen LogP contribution < -0.4 is 10.2 Å². The molecule has 2 aliphatic heterocycles. The van der Waals surface area contributed by atoms with Crippen molar-refractivity contribution in [2.75, 3.05) is 23.4 Å². The van der Waals surface area contributed by atoms with Gasteiger partial charge in [0.25, 0.3) is 11.7 Å². The number of hydrogen-bond acceptors (Lipinski definition) is 4. The largest absolute Gasteiger partial charge is 0.394 e. The number of aliphatic hydroxyl groups is 1. The quantitative estimate of drug-likeness (QED) is 0.822. The number of ketones is 1. The number of aliphatic hydroxyl groups excluding tert-OH is 1. The van der Waals surface area contributed by atoms with E-state index in [-0.39, 0.29) is 12.6 Å². The van der Waals surface area contributed by atoms with Gasteiger partial charge in [0.05, 0.1) is 34.6 Å². The lowest BCUT2D eigenvalue weighted by molar-refractivity contribution is -0.112. The molecule has 21 heavy (non-hydrogen) atoms. The molecule has 0 aliphatic carbocycles. The SMILES string of the molecule is O=C1Nc2cc(N3CCCCCC3CO)c(Cl)cc2C1=O. The van der Waals surface area contributed by atoms with E-state index >= 15 is 0 Å². The summed E-state index contributed by atoms with van der Waals surface area (Å²) in [6.45, 7) is 0.879. The molecule has 2 heterocycles. The number of hydrogen-bond donors (Lipinski definition) is 2. The highest BCUT2D eigenvalue weighted by Gasteiger charge is 2.31. The summed E-state index contributed by atoms with van der Waals surface area (Å²) in [4.78, 5) is 25.2. The van der Waals surface area contributed by atoms with E-state index in [4.69, 9.17) is 11.6 Å². The monoisotopic (exact) mass is 308 g/mol. The van der Waals surface area contributed by atoms with Gasteiger partial charge in [-0.05, 0) is 25.0 Å². The molecule has 2 N–H and O–H groups in total. The number of carbonyl (C=O) groups excluding carboxylic acids is 2. The van der Waals surface area contributed by atoms with E-state index < -0.39 is 11.7 Å². The lowest BCUT2D eigenvalue weighted by Gasteiger charge is -2.31. The number of fused-ring (bicyclic) bond motifs is 1. The Balaban J connectivity index is 2.00. The number of nitrogens with one attached hydrogen (secondary N) is 1. The van der Waals surface area contributed by atoms with Crippen LogP contribution in [0.1, 0.15) is 36.0 Å². The summed E-state index contributed by atoms with van der Waals surface area (Å²) >= 11 is 6.32. The van der Waals surface area contributed by atoms with Gasteiger partial charge in [0.2, 0.25) is 0 Å². The third kappa shape index (κ3) is 2.51. The van der Waals surface area contributed by atoms with Crippen molar-refractivity contribution < 1.29 is 14.7 Å². The Labute approximate surface area is 127 Å². The van der Waals surface area contributed by atoms with Crippen molar-refractivity contribution >= 4 is 34.7 Å². The summed E-state index contributed by atoms with van der Waals surface area (Å²) in [5.41, 5.74) is 1.60. The van der Waals surface area contributed by atoms with E-state index in [9.17, 15) is 14.7 Å². The van der Waals surface area contributed by atoms with E-state index in [1.807, 2.05) is 0 Å². The van der Waals surface area contributed by atoms with Gasteiger partial charge in [0, 0.05) is 6.54 Å². The lowest BCUT2D eigenvalue weighted by Crippen LogP contribution is -2.37. The van der Waals surface area contributed by atoms with Crippen LogP contribution >= 0.6 is 11.6 Å². The molecule has 1 aromatic rings. The van der Waals surface area contributed by atoms with Crippen molar-refractivity contribution in [3.63, 3.8) is 0 Å². The average molecular weight is 309 g/mol. The standard InChI is InChI=1S/C15H17ClN2O3/c16-11-6-10-12(17-15(21)14(10)20)7-13(11)18-5-3-1-2-4-9(18)8-19/h6-7,9,19H,1-5,8H2,(H,17,20,21). The predicted molar refractivity (Wildman–Crippen MR) is 81.1 cm³/mol. The van der Waals surface area contributed by atoms with Crippen molar-refractivity contribution in [3.05, 3.63) is 22.7 Å². The van der Waals surface area contributed by atoms with Crippen LogP contribution in [-0.4, -0.2) is 36.0 Å². The molecule has 1 unspecified atom stereocenters. The molecule has 6 heteroatoms. The van der Waals surface area contributed by atoms with Crippen LogP contribution in [0.3, 0.4) is 0 Å². The molecule has 0 bridgehead atoms. The normalized spacial score (nSPS) is 22.0. The number of anilines is 2. The molecule has 2 aliphatic rings. The molecule has 112 valence electrons. The molecule has 1 amide bonds.